The van der Waals surface area contributed by atoms with Gasteiger partial charge in [-0.3, -0.25) is 4.79 Å². The van der Waals surface area contributed by atoms with Crippen molar-refractivity contribution in [3.05, 3.63) is 33.8 Å². The quantitative estimate of drug-likeness (QED) is 0.811. The summed E-state index contributed by atoms with van der Waals surface area (Å²) in [5.41, 5.74) is 2.33. The van der Waals surface area contributed by atoms with E-state index in [0.29, 0.717) is 0 Å². The molecule has 0 aliphatic rings. The normalized spacial score (nSPS) is 12.2. The summed E-state index contributed by atoms with van der Waals surface area (Å²) < 4.78 is 1.06. The summed E-state index contributed by atoms with van der Waals surface area (Å²) in [4.78, 5) is 10.2. The second-order valence-corrected chi connectivity index (χ2v) is 3.92. The largest absolute Gasteiger partial charge is 0.352 e. The average molecular weight is 242 g/mol. The van der Waals surface area contributed by atoms with Crippen LogP contribution in [0.1, 0.15) is 24.1 Å². The summed E-state index contributed by atoms with van der Waals surface area (Å²) in [6.07, 6.45) is 0.728. The number of hydrogen-bond donors (Lipinski definition) is 1. The van der Waals surface area contributed by atoms with Gasteiger partial charge in [-0.25, -0.2) is 0 Å². The molecule has 1 atom stereocenters. The van der Waals surface area contributed by atoms with Gasteiger partial charge in [0, 0.05) is 4.47 Å². The number of halogens is 1. The van der Waals surface area contributed by atoms with Gasteiger partial charge in [-0.15, -0.1) is 0 Å². The molecule has 0 fully saturated rings. The first-order valence-corrected chi connectivity index (χ1v) is 4.90. The van der Waals surface area contributed by atoms with E-state index in [-0.39, 0.29) is 6.04 Å². The highest BCUT2D eigenvalue weighted by atomic mass is 79.9. The van der Waals surface area contributed by atoms with Gasteiger partial charge in [0.2, 0.25) is 6.41 Å². The van der Waals surface area contributed by atoms with Crippen molar-refractivity contribution in [2.24, 2.45) is 0 Å². The van der Waals surface area contributed by atoms with Crippen LogP contribution in [-0.4, -0.2) is 6.41 Å². The van der Waals surface area contributed by atoms with Crippen LogP contribution in [0, 0.1) is 6.92 Å². The summed E-state index contributed by atoms with van der Waals surface area (Å²) in [7, 11) is 0. The lowest BCUT2D eigenvalue weighted by Crippen LogP contribution is -2.16. The van der Waals surface area contributed by atoms with Crippen LogP contribution in [0.15, 0.2) is 22.7 Å². The molecule has 0 aliphatic carbocycles. The minimum Gasteiger partial charge on any atom is -0.352 e. The lowest BCUT2D eigenvalue weighted by Gasteiger charge is -2.13. The second-order valence-electron chi connectivity index (χ2n) is 3.01. The van der Waals surface area contributed by atoms with Crippen LogP contribution in [0.2, 0.25) is 0 Å². The lowest BCUT2D eigenvalue weighted by molar-refractivity contribution is -0.110. The molecule has 0 spiro atoms. The first-order chi connectivity index (χ1) is 6.15. The van der Waals surface area contributed by atoms with Crippen molar-refractivity contribution < 1.29 is 4.79 Å². The summed E-state index contributed by atoms with van der Waals surface area (Å²) in [5, 5.41) is 2.73. The average Bonchev–Trinajstić information content (AvgIpc) is 2.04. The van der Waals surface area contributed by atoms with E-state index in [9.17, 15) is 4.79 Å². The fourth-order valence-corrected chi connectivity index (χ4v) is 1.79. The highest BCUT2D eigenvalue weighted by Gasteiger charge is 2.06. The number of amides is 1. The zero-order valence-corrected chi connectivity index (χ0v) is 9.26. The molecular formula is C10H12BrNO. The van der Waals surface area contributed by atoms with Gasteiger partial charge >= 0.3 is 0 Å². The topological polar surface area (TPSA) is 29.1 Å². The van der Waals surface area contributed by atoms with Crippen molar-refractivity contribution in [3.63, 3.8) is 0 Å². The first-order valence-electron chi connectivity index (χ1n) is 4.11. The first kappa shape index (κ1) is 10.3. The van der Waals surface area contributed by atoms with Crippen molar-refractivity contribution in [1.82, 2.24) is 5.32 Å². The molecule has 70 valence electrons. The zero-order chi connectivity index (χ0) is 9.84. The Morgan fingerprint density at radius 2 is 2.23 bits per heavy atom. The zero-order valence-electron chi connectivity index (χ0n) is 7.67. The SMILES string of the molecule is Cc1cc(Br)ccc1C(C)NC=O. The van der Waals surface area contributed by atoms with Crippen LogP contribution in [0.4, 0.5) is 0 Å². The summed E-state index contributed by atoms with van der Waals surface area (Å²) in [6, 6.07) is 6.11. The van der Waals surface area contributed by atoms with Crippen LogP contribution >= 0.6 is 15.9 Å². The Balaban J connectivity index is 2.94. The highest BCUT2D eigenvalue weighted by Crippen LogP contribution is 2.20. The number of hydrogen-bond acceptors (Lipinski definition) is 1. The monoisotopic (exact) mass is 241 g/mol. The van der Waals surface area contributed by atoms with Crippen LogP contribution < -0.4 is 5.32 Å². The fourth-order valence-electron chi connectivity index (χ4n) is 1.32. The standard InChI is InChI=1S/C10H12BrNO/c1-7-5-9(11)3-4-10(7)8(2)12-6-13/h3-6,8H,1-2H3,(H,12,13). The summed E-state index contributed by atoms with van der Waals surface area (Å²) in [5.74, 6) is 0. The molecule has 0 aromatic heterocycles. The Morgan fingerprint density at radius 1 is 1.54 bits per heavy atom. The summed E-state index contributed by atoms with van der Waals surface area (Å²) in [6.45, 7) is 3.99. The molecular weight excluding hydrogens is 230 g/mol. The summed E-state index contributed by atoms with van der Waals surface area (Å²) >= 11 is 3.39. The van der Waals surface area contributed by atoms with Gasteiger partial charge in [0.15, 0.2) is 0 Å². The van der Waals surface area contributed by atoms with E-state index in [1.165, 1.54) is 5.56 Å². The number of nitrogens with one attached hydrogen (secondary N) is 1. The maximum absolute atomic E-state index is 10.2. The molecule has 0 saturated heterocycles. The Hall–Kier alpha value is -0.830. The Bertz CT molecular complexity index is 312. The second kappa shape index (κ2) is 4.42. The molecule has 0 heterocycles. The highest BCUT2D eigenvalue weighted by molar-refractivity contribution is 9.10. The molecule has 2 nitrogen and oxygen atoms in total. The Morgan fingerprint density at radius 3 is 2.77 bits per heavy atom. The predicted molar refractivity (Wildman–Crippen MR) is 56.5 cm³/mol. The van der Waals surface area contributed by atoms with Gasteiger partial charge < -0.3 is 5.32 Å². The van der Waals surface area contributed by atoms with Gasteiger partial charge in [-0.05, 0) is 37.1 Å². The van der Waals surface area contributed by atoms with Crippen LogP contribution in [0.25, 0.3) is 0 Å². The van der Waals surface area contributed by atoms with Crippen molar-refractivity contribution in [3.8, 4) is 0 Å². The van der Waals surface area contributed by atoms with E-state index in [0.717, 1.165) is 16.4 Å². The van der Waals surface area contributed by atoms with E-state index < -0.39 is 0 Å². The number of rotatable bonds is 3. The minimum absolute atomic E-state index is 0.0746. The van der Waals surface area contributed by atoms with E-state index in [2.05, 4.69) is 21.2 Å². The molecule has 0 bridgehead atoms. The maximum Gasteiger partial charge on any atom is 0.207 e. The van der Waals surface area contributed by atoms with Gasteiger partial charge in [-0.2, -0.15) is 0 Å². The number of aryl methyl sites for hydroxylation is 1. The van der Waals surface area contributed by atoms with Gasteiger partial charge in [-0.1, -0.05) is 22.0 Å². The van der Waals surface area contributed by atoms with Crippen molar-refractivity contribution in [2.75, 3.05) is 0 Å². The van der Waals surface area contributed by atoms with Crippen LogP contribution in [-0.2, 0) is 4.79 Å². The van der Waals surface area contributed by atoms with Crippen molar-refractivity contribution in [1.29, 1.82) is 0 Å². The molecule has 0 saturated carbocycles. The van der Waals surface area contributed by atoms with Crippen molar-refractivity contribution in [2.45, 2.75) is 19.9 Å². The van der Waals surface area contributed by atoms with Crippen molar-refractivity contribution >= 4 is 22.3 Å². The smallest absolute Gasteiger partial charge is 0.207 e. The molecule has 0 radical (unpaired) electrons. The van der Waals surface area contributed by atoms with E-state index in [4.69, 9.17) is 0 Å². The molecule has 1 rings (SSSR count). The molecule has 3 heteroatoms. The van der Waals surface area contributed by atoms with Gasteiger partial charge in [0.05, 0.1) is 6.04 Å². The molecule has 13 heavy (non-hydrogen) atoms. The molecule has 1 amide bonds. The van der Waals surface area contributed by atoms with E-state index in [1.54, 1.807) is 0 Å². The lowest BCUT2D eigenvalue weighted by atomic mass is 10.0. The Labute approximate surface area is 86.5 Å². The van der Waals surface area contributed by atoms with Crippen LogP contribution in [0.3, 0.4) is 0 Å². The van der Waals surface area contributed by atoms with Crippen LogP contribution in [0.5, 0.6) is 0 Å². The molecule has 1 aromatic carbocycles. The molecule has 1 aromatic rings. The molecule has 1 N–H and O–H groups in total. The maximum atomic E-state index is 10.2. The number of carbonyl (C=O) groups is 1. The van der Waals surface area contributed by atoms with E-state index >= 15 is 0 Å². The third-order valence-electron chi connectivity index (χ3n) is 2.02. The van der Waals surface area contributed by atoms with E-state index in [1.807, 2.05) is 32.0 Å². The third-order valence-corrected chi connectivity index (χ3v) is 2.51. The number of benzene rings is 1. The molecule has 1 unspecified atom stereocenters. The fraction of sp³-hybridized carbons (Fsp3) is 0.300. The minimum atomic E-state index is 0.0746. The molecule has 0 aliphatic heterocycles. The van der Waals surface area contributed by atoms with Gasteiger partial charge in [0.25, 0.3) is 0 Å². The third kappa shape index (κ3) is 2.56. The number of carbonyl (C=O) groups excluding carboxylic acids is 1. The van der Waals surface area contributed by atoms with Gasteiger partial charge in [0.1, 0.15) is 0 Å². The predicted octanol–water partition coefficient (Wildman–Crippen LogP) is 2.56. The Kier molecular flexibility index (Phi) is 3.48.